The lowest BCUT2D eigenvalue weighted by molar-refractivity contribution is -0.140. The van der Waals surface area contributed by atoms with E-state index in [1.54, 1.807) is 0 Å². The van der Waals surface area contributed by atoms with E-state index in [-0.39, 0.29) is 0 Å². The van der Waals surface area contributed by atoms with Crippen molar-refractivity contribution in [3.05, 3.63) is 0 Å². The normalized spacial score (nSPS) is 9.93. The molecular formula is C11H21NO3. The van der Waals surface area contributed by atoms with Gasteiger partial charge in [-0.3, -0.25) is 9.59 Å². The van der Waals surface area contributed by atoms with Crippen molar-refractivity contribution in [1.29, 1.82) is 0 Å². The standard InChI is InChI=1S/C11H21NO3/c1-2-3-4-5-6-7-8-12-10(13)9-11(14)15/h2-9H2,1H3,(H,12,13)(H,14,15). The summed E-state index contributed by atoms with van der Waals surface area (Å²) in [5.74, 6) is -1.47. The lowest BCUT2D eigenvalue weighted by Gasteiger charge is -2.03. The number of aliphatic carboxylic acids is 1. The quantitative estimate of drug-likeness (QED) is 0.456. The number of carboxylic acids is 1. The van der Waals surface area contributed by atoms with E-state index in [0.717, 1.165) is 12.8 Å². The van der Waals surface area contributed by atoms with Crippen molar-refractivity contribution in [2.75, 3.05) is 6.54 Å². The molecule has 0 aromatic carbocycles. The van der Waals surface area contributed by atoms with Gasteiger partial charge < -0.3 is 10.4 Å². The summed E-state index contributed by atoms with van der Waals surface area (Å²) in [5.41, 5.74) is 0. The second-order valence-electron chi connectivity index (χ2n) is 3.69. The summed E-state index contributed by atoms with van der Waals surface area (Å²) >= 11 is 0. The first kappa shape index (κ1) is 13.9. The van der Waals surface area contributed by atoms with Gasteiger partial charge in [-0.1, -0.05) is 39.0 Å². The zero-order chi connectivity index (χ0) is 11.5. The summed E-state index contributed by atoms with van der Waals surface area (Å²) in [6, 6.07) is 0. The summed E-state index contributed by atoms with van der Waals surface area (Å²) in [4.78, 5) is 21.1. The average molecular weight is 215 g/mol. The number of nitrogens with one attached hydrogen (secondary N) is 1. The molecule has 0 unspecified atom stereocenters. The van der Waals surface area contributed by atoms with Crippen LogP contribution in [-0.4, -0.2) is 23.5 Å². The van der Waals surface area contributed by atoms with Crippen molar-refractivity contribution in [3.63, 3.8) is 0 Å². The maximum Gasteiger partial charge on any atom is 0.312 e. The van der Waals surface area contributed by atoms with Crippen LogP contribution in [0, 0.1) is 0 Å². The van der Waals surface area contributed by atoms with Crippen LogP contribution in [0.25, 0.3) is 0 Å². The van der Waals surface area contributed by atoms with E-state index in [4.69, 9.17) is 5.11 Å². The third-order valence-electron chi connectivity index (χ3n) is 2.16. The maximum absolute atomic E-state index is 10.9. The van der Waals surface area contributed by atoms with Crippen LogP contribution in [-0.2, 0) is 9.59 Å². The molecule has 0 radical (unpaired) electrons. The fraction of sp³-hybridized carbons (Fsp3) is 0.818. The van der Waals surface area contributed by atoms with Crippen molar-refractivity contribution in [2.45, 2.75) is 51.9 Å². The van der Waals surface area contributed by atoms with Gasteiger partial charge in [0.1, 0.15) is 6.42 Å². The minimum absolute atomic E-state index is 0.393. The van der Waals surface area contributed by atoms with Crippen LogP contribution in [0.1, 0.15) is 51.9 Å². The molecule has 2 N–H and O–H groups in total. The molecule has 0 atom stereocenters. The molecule has 0 rings (SSSR count). The van der Waals surface area contributed by atoms with Gasteiger partial charge in [0.2, 0.25) is 5.91 Å². The van der Waals surface area contributed by atoms with Gasteiger partial charge in [-0.25, -0.2) is 0 Å². The Morgan fingerprint density at radius 2 is 1.67 bits per heavy atom. The fourth-order valence-corrected chi connectivity index (χ4v) is 1.33. The van der Waals surface area contributed by atoms with Crippen molar-refractivity contribution in [2.24, 2.45) is 0 Å². The van der Waals surface area contributed by atoms with Crippen LogP contribution in [0.15, 0.2) is 0 Å². The highest BCUT2D eigenvalue weighted by molar-refractivity contribution is 5.93. The molecule has 0 bridgehead atoms. The first-order chi connectivity index (χ1) is 7.16. The van der Waals surface area contributed by atoms with Crippen molar-refractivity contribution < 1.29 is 14.7 Å². The van der Waals surface area contributed by atoms with Crippen LogP contribution in [0.3, 0.4) is 0 Å². The lowest BCUT2D eigenvalue weighted by Crippen LogP contribution is -2.26. The Labute approximate surface area is 91.1 Å². The third kappa shape index (κ3) is 10.9. The largest absolute Gasteiger partial charge is 0.481 e. The highest BCUT2D eigenvalue weighted by Gasteiger charge is 2.05. The van der Waals surface area contributed by atoms with Gasteiger partial charge in [-0.2, -0.15) is 0 Å². The first-order valence-corrected chi connectivity index (χ1v) is 5.65. The minimum Gasteiger partial charge on any atom is -0.481 e. The third-order valence-corrected chi connectivity index (χ3v) is 2.16. The molecule has 0 saturated heterocycles. The van der Waals surface area contributed by atoms with Gasteiger partial charge in [0, 0.05) is 6.54 Å². The molecule has 0 aromatic heterocycles. The highest BCUT2D eigenvalue weighted by Crippen LogP contribution is 2.03. The minimum atomic E-state index is -1.07. The zero-order valence-electron chi connectivity index (χ0n) is 9.42. The van der Waals surface area contributed by atoms with E-state index >= 15 is 0 Å². The molecule has 0 saturated carbocycles. The van der Waals surface area contributed by atoms with Gasteiger partial charge >= 0.3 is 5.97 Å². The fourth-order valence-electron chi connectivity index (χ4n) is 1.33. The van der Waals surface area contributed by atoms with Crippen molar-refractivity contribution in [1.82, 2.24) is 5.32 Å². The number of rotatable bonds is 9. The predicted octanol–water partition coefficient (Wildman–Crippen LogP) is 1.94. The number of carbonyl (C=O) groups is 2. The van der Waals surface area contributed by atoms with Crippen LogP contribution in [0.5, 0.6) is 0 Å². The van der Waals surface area contributed by atoms with Crippen molar-refractivity contribution >= 4 is 11.9 Å². The van der Waals surface area contributed by atoms with Crippen LogP contribution >= 0.6 is 0 Å². The number of hydrogen-bond donors (Lipinski definition) is 2. The number of amides is 1. The molecule has 0 aliphatic carbocycles. The van der Waals surface area contributed by atoms with E-state index in [1.807, 2.05) is 0 Å². The van der Waals surface area contributed by atoms with E-state index in [2.05, 4.69) is 12.2 Å². The van der Waals surface area contributed by atoms with E-state index in [1.165, 1.54) is 25.7 Å². The molecule has 1 amide bonds. The SMILES string of the molecule is CCCCCCCCNC(=O)CC(=O)O. The summed E-state index contributed by atoms with van der Waals surface area (Å²) in [6.07, 6.45) is 6.57. The Kier molecular flexibility index (Phi) is 8.82. The molecule has 0 aliphatic rings. The van der Waals surface area contributed by atoms with Crippen molar-refractivity contribution in [3.8, 4) is 0 Å². The summed E-state index contributed by atoms with van der Waals surface area (Å²) in [5, 5.41) is 10.9. The highest BCUT2D eigenvalue weighted by atomic mass is 16.4. The molecule has 0 aliphatic heterocycles. The molecule has 15 heavy (non-hydrogen) atoms. The topological polar surface area (TPSA) is 66.4 Å². The van der Waals surface area contributed by atoms with E-state index < -0.39 is 18.3 Å². The number of hydrogen-bond acceptors (Lipinski definition) is 2. The average Bonchev–Trinajstić information content (AvgIpc) is 2.15. The second kappa shape index (κ2) is 9.49. The molecule has 4 heteroatoms. The van der Waals surface area contributed by atoms with Gasteiger partial charge in [-0.05, 0) is 6.42 Å². The number of carboxylic acid groups (broad SMARTS) is 1. The number of unbranched alkanes of at least 4 members (excludes halogenated alkanes) is 5. The number of carbonyl (C=O) groups excluding carboxylic acids is 1. The molecular weight excluding hydrogens is 194 g/mol. The Hall–Kier alpha value is -1.06. The lowest BCUT2D eigenvalue weighted by atomic mass is 10.1. The summed E-state index contributed by atoms with van der Waals surface area (Å²) in [7, 11) is 0. The molecule has 88 valence electrons. The van der Waals surface area contributed by atoms with Crippen LogP contribution < -0.4 is 5.32 Å². The zero-order valence-corrected chi connectivity index (χ0v) is 9.42. The Balaban J connectivity index is 3.16. The van der Waals surface area contributed by atoms with E-state index in [0.29, 0.717) is 6.54 Å². The maximum atomic E-state index is 10.9. The molecule has 4 nitrogen and oxygen atoms in total. The monoisotopic (exact) mass is 215 g/mol. The summed E-state index contributed by atoms with van der Waals surface area (Å²) in [6.45, 7) is 2.77. The predicted molar refractivity (Wildman–Crippen MR) is 58.6 cm³/mol. The van der Waals surface area contributed by atoms with Gasteiger partial charge in [0.05, 0.1) is 0 Å². The van der Waals surface area contributed by atoms with Gasteiger partial charge in [0.15, 0.2) is 0 Å². The Morgan fingerprint density at radius 1 is 1.07 bits per heavy atom. The van der Waals surface area contributed by atoms with E-state index in [9.17, 15) is 9.59 Å². The Morgan fingerprint density at radius 3 is 2.27 bits per heavy atom. The molecule has 0 aromatic rings. The first-order valence-electron chi connectivity index (χ1n) is 5.65. The molecule has 0 fully saturated rings. The van der Waals surface area contributed by atoms with Gasteiger partial charge in [0.25, 0.3) is 0 Å². The Bertz CT molecular complexity index is 192. The van der Waals surface area contributed by atoms with Crippen LogP contribution in [0.4, 0.5) is 0 Å². The second-order valence-corrected chi connectivity index (χ2v) is 3.69. The van der Waals surface area contributed by atoms with Gasteiger partial charge in [-0.15, -0.1) is 0 Å². The van der Waals surface area contributed by atoms with Crippen LogP contribution in [0.2, 0.25) is 0 Å². The molecule has 0 heterocycles. The molecule has 0 spiro atoms. The summed E-state index contributed by atoms with van der Waals surface area (Å²) < 4.78 is 0. The smallest absolute Gasteiger partial charge is 0.312 e.